The Morgan fingerprint density at radius 2 is 1.83 bits per heavy atom. The second kappa shape index (κ2) is 5.52. The van der Waals surface area contributed by atoms with Crippen molar-refractivity contribution in [2.45, 2.75) is 12.7 Å². The van der Waals surface area contributed by atoms with Crippen LogP contribution in [-0.4, -0.2) is 28.9 Å². The van der Waals surface area contributed by atoms with E-state index in [9.17, 15) is 22.8 Å². The molecule has 98 valence electrons. The molecule has 0 aliphatic rings. The quantitative estimate of drug-likeness (QED) is 0.846. The van der Waals surface area contributed by atoms with Gasteiger partial charge in [0.2, 0.25) is 0 Å². The Hall–Kier alpha value is -2.05. The van der Waals surface area contributed by atoms with Gasteiger partial charge in [-0.15, -0.1) is 0 Å². The van der Waals surface area contributed by atoms with E-state index in [4.69, 9.17) is 5.11 Å². The van der Waals surface area contributed by atoms with Crippen molar-refractivity contribution < 1.29 is 27.9 Å². The van der Waals surface area contributed by atoms with Crippen molar-refractivity contribution in [2.24, 2.45) is 0 Å². The van der Waals surface area contributed by atoms with Gasteiger partial charge >= 0.3 is 12.3 Å². The average Bonchev–Trinajstić information content (AvgIpc) is 2.28. The Bertz CT molecular complexity index is 428. The summed E-state index contributed by atoms with van der Waals surface area (Å²) in [5.74, 6) is 0. The number of nitrogens with zero attached hydrogens (tertiary/aromatic N) is 1. The van der Waals surface area contributed by atoms with E-state index in [1.807, 2.05) is 0 Å². The average molecular weight is 261 g/mol. The van der Waals surface area contributed by atoms with Crippen LogP contribution in [0.4, 0.5) is 18.0 Å². The maximum absolute atomic E-state index is 12.3. The minimum Gasteiger partial charge on any atom is -0.465 e. The Labute approximate surface area is 101 Å². The number of carbonyl (C=O) groups excluding carboxylic acids is 1. The van der Waals surface area contributed by atoms with Gasteiger partial charge < -0.3 is 9.90 Å². The van der Waals surface area contributed by atoms with Crippen LogP contribution in [0.5, 0.6) is 0 Å². The van der Waals surface area contributed by atoms with Gasteiger partial charge in [0.05, 0.1) is 12.1 Å². The highest BCUT2D eigenvalue weighted by molar-refractivity contribution is 5.69. The fourth-order valence-electron chi connectivity index (χ4n) is 1.32. The van der Waals surface area contributed by atoms with Crippen molar-refractivity contribution in [3.63, 3.8) is 0 Å². The van der Waals surface area contributed by atoms with Gasteiger partial charge in [0.1, 0.15) is 6.29 Å². The number of aldehydes is 1. The van der Waals surface area contributed by atoms with Gasteiger partial charge in [0.25, 0.3) is 0 Å². The third-order valence-corrected chi connectivity index (χ3v) is 2.22. The largest absolute Gasteiger partial charge is 0.465 e. The number of hydrogen-bond acceptors (Lipinski definition) is 2. The molecule has 0 unspecified atom stereocenters. The molecule has 1 aromatic carbocycles. The van der Waals surface area contributed by atoms with E-state index in [1.54, 1.807) is 0 Å². The van der Waals surface area contributed by atoms with Crippen LogP contribution in [0.25, 0.3) is 0 Å². The van der Waals surface area contributed by atoms with Crippen molar-refractivity contribution in [1.29, 1.82) is 0 Å². The molecule has 0 aliphatic heterocycles. The molecule has 1 rings (SSSR count). The van der Waals surface area contributed by atoms with E-state index in [1.165, 1.54) is 12.1 Å². The number of amides is 1. The highest BCUT2D eigenvalue weighted by atomic mass is 19.4. The standard InChI is InChI=1S/C11H10F3NO3/c12-11(13,14)9-3-1-8(2-4-9)7-15(5-6-16)10(17)18/h1-4,6H,5,7H2,(H,17,18). The summed E-state index contributed by atoms with van der Waals surface area (Å²) in [6, 6.07) is 4.11. The predicted molar refractivity (Wildman–Crippen MR) is 55.9 cm³/mol. The molecular formula is C11H10F3NO3. The van der Waals surface area contributed by atoms with Crippen molar-refractivity contribution in [3.8, 4) is 0 Å². The normalized spacial score (nSPS) is 11.1. The molecule has 1 aromatic rings. The summed E-state index contributed by atoms with van der Waals surface area (Å²) < 4.78 is 36.8. The van der Waals surface area contributed by atoms with Crippen LogP contribution in [0.2, 0.25) is 0 Å². The zero-order valence-electron chi connectivity index (χ0n) is 9.15. The lowest BCUT2D eigenvalue weighted by molar-refractivity contribution is -0.137. The summed E-state index contributed by atoms with van der Waals surface area (Å²) in [5, 5.41) is 8.74. The van der Waals surface area contributed by atoms with Crippen LogP contribution in [0.3, 0.4) is 0 Å². The van der Waals surface area contributed by atoms with Crippen LogP contribution in [0, 0.1) is 0 Å². The lowest BCUT2D eigenvalue weighted by Crippen LogP contribution is -2.30. The van der Waals surface area contributed by atoms with Crippen molar-refractivity contribution >= 4 is 12.4 Å². The summed E-state index contributed by atoms with van der Waals surface area (Å²) in [4.78, 5) is 21.7. The van der Waals surface area contributed by atoms with Gasteiger partial charge in [0, 0.05) is 6.54 Å². The third kappa shape index (κ3) is 3.76. The van der Waals surface area contributed by atoms with E-state index >= 15 is 0 Å². The van der Waals surface area contributed by atoms with Crippen molar-refractivity contribution in [1.82, 2.24) is 4.90 Å². The molecule has 18 heavy (non-hydrogen) atoms. The van der Waals surface area contributed by atoms with Gasteiger partial charge in [-0.1, -0.05) is 12.1 Å². The topological polar surface area (TPSA) is 57.6 Å². The van der Waals surface area contributed by atoms with Gasteiger partial charge in [-0.05, 0) is 17.7 Å². The fraction of sp³-hybridized carbons (Fsp3) is 0.273. The predicted octanol–water partition coefficient (Wildman–Crippen LogP) is 2.38. The third-order valence-electron chi connectivity index (χ3n) is 2.22. The molecule has 0 heterocycles. The minimum atomic E-state index is -4.42. The molecule has 0 aromatic heterocycles. The number of carboxylic acid groups (broad SMARTS) is 1. The smallest absolute Gasteiger partial charge is 0.416 e. The number of benzene rings is 1. The number of hydrogen-bond donors (Lipinski definition) is 1. The number of carbonyl (C=O) groups is 2. The van der Waals surface area contributed by atoms with E-state index in [0.29, 0.717) is 11.8 Å². The lowest BCUT2D eigenvalue weighted by atomic mass is 10.1. The monoisotopic (exact) mass is 261 g/mol. The summed E-state index contributed by atoms with van der Waals surface area (Å²) in [6.07, 6.45) is -5.31. The SMILES string of the molecule is O=CCN(Cc1ccc(C(F)(F)F)cc1)C(=O)O. The molecule has 0 saturated carbocycles. The Morgan fingerprint density at radius 1 is 1.28 bits per heavy atom. The first-order chi connectivity index (χ1) is 8.34. The first kappa shape index (κ1) is 14.0. The Morgan fingerprint density at radius 3 is 2.22 bits per heavy atom. The second-order valence-corrected chi connectivity index (χ2v) is 3.52. The van der Waals surface area contributed by atoms with Gasteiger partial charge in [-0.2, -0.15) is 13.2 Å². The highest BCUT2D eigenvalue weighted by Crippen LogP contribution is 2.29. The summed E-state index contributed by atoms with van der Waals surface area (Å²) in [7, 11) is 0. The lowest BCUT2D eigenvalue weighted by Gasteiger charge is -2.16. The van der Waals surface area contributed by atoms with E-state index in [0.717, 1.165) is 17.0 Å². The molecule has 0 radical (unpaired) electrons. The van der Waals surface area contributed by atoms with E-state index < -0.39 is 17.8 Å². The Balaban J connectivity index is 2.79. The highest BCUT2D eigenvalue weighted by Gasteiger charge is 2.30. The molecule has 1 N–H and O–H groups in total. The fourth-order valence-corrected chi connectivity index (χ4v) is 1.32. The maximum Gasteiger partial charge on any atom is 0.416 e. The van der Waals surface area contributed by atoms with E-state index in [-0.39, 0.29) is 13.1 Å². The first-order valence-electron chi connectivity index (χ1n) is 4.92. The second-order valence-electron chi connectivity index (χ2n) is 3.52. The number of halogens is 3. The van der Waals surface area contributed by atoms with Crippen molar-refractivity contribution in [2.75, 3.05) is 6.54 Å². The molecular weight excluding hydrogens is 251 g/mol. The maximum atomic E-state index is 12.3. The molecule has 0 aliphatic carbocycles. The van der Waals surface area contributed by atoms with Crippen LogP contribution < -0.4 is 0 Å². The molecule has 4 nitrogen and oxygen atoms in total. The summed E-state index contributed by atoms with van der Waals surface area (Å²) in [5.41, 5.74) is -0.421. The van der Waals surface area contributed by atoms with E-state index in [2.05, 4.69) is 0 Å². The molecule has 1 amide bonds. The summed E-state index contributed by atoms with van der Waals surface area (Å²) >= 11 is 0. The Kier molecular flexibility index (Phi) is 4.30. The summed E-state index contributed by atoms with van der Waals surface area (Å²) in [6.45, 7) is -0.456. The zero-order chi connectivity index (χ0) is 13.8. The van der Waals surface area contributed by atoms with Crippen molar-refractivity contribution in [3.05, 3.63) is 35.4 Å². The van der Waals surface area contributed by atoms with Gasteiger partial charge in [-0.25, -0.2) is 4.79 Å². The molecule has 0 spiro atoms. The van der Waals surface area contributed by atoms with Crippen LogP contribution in [0.15, 0.2) is 24.3 Å². The molecule has 0 saturated heterocycles. The zero-order valence-corrected chi connectivity index (χ0v) is 9.15. The van der Waals surface area contributed by atoms with Crippen LogP contribution in [-0.2, 0) is 17.5 Å². The molecule has 0 atom stereocenters. The minimum absolute atomic E-state index is 0.133. The number of alkyl halides is 3. The van der Waals surface area contributed by atoms with Gasteiger partial charge in [0.15, 0.2) is 0 Å². The molecule has 0 bridgehead atoms. The van der Waals surface area contributed by atoms with Crippen LogP contribution in [0.1, 0.15) is 11.1 Å². The first-order valence-corrected chi connectivity index (χ1v) is 4.92. The van der Waals surface area contributed by atoms with Gasteiger partial charge in [-0.3, -0.25) is 4.90 Å². The molecule has 0 fully saturated rings. The molecule has 7 heteroatoms. The number of rotatable bonds is 4. The van der Waals surface area contributed by atoms with Crippen LogP contribution >= 0.6 is 0 Å².